The fraction of sp³-hybridized carbons (Fsp3) is 0.636. The van der Waals surface area contributed by atoms with Gasteiger partial charge in [0.25, 0.3) is 5.91 Å². The van der Waals surface area contributed by atoms with Crippen molar-refractivity contribution in [1.29, 1.82) is 0 Å². The zero-order chi connectivity index (χ0) is 12.1. The first-order chi connectivity index (χ1) is 7.54. The van der Waals surface area contributed by atoms with Crippen molar-refractivity contribution in [3.63, 3.8) is 0 Å². The number of carbonyl (C=O) groups excluding carboxylic acids is 1. The number of aryl methyl sites for hydroxylation is 2. The molecule has 1 atom stereocenters. The van der Waals surface area contributed by atoms with E-state index in [1.165, 1.54) is 0 Å². The summed E-state index contributed by atoms with van der Waals surface area (Å²) >= 11 is 3.38. The van der Waals surface area contributed by atoms with Crippen LogP contribution in [0.5, 0.6) is 0 Å². The van der Waals surface area contributed by atoms with Gasteiger partial charge in [0, 0.05) is 24.6 Å². The maximum Gasteiger partial charge on any atom is 0.254 e. The number of nitrogens with one attached hydrogen (secondary N) is 1. The molecule has 16 heavy (non-hydrogen) atoms. The first-order valence-electron chi connectivity index (χ1n) is 5.41. The molecule has 0 spiro atoms. The Hall–Kier alpha value is -0.840. The molecular weight excluding hydrogens is 270 g/mol. The molecule has 0 aromatic carbocycles. The van der Waals surface area contributed by atoms with Crippen LogP contribution in [-0.4, -0.2) is 27.1 Å². The second kappa shape index (κ2) is 6.03. The lowest BCUT2D eigenvalue weighted by molar-refractivity contribution is 0.0937. The molecule has 1 aromatic rings. The van der Waals surface area contributed by atoms with Crippen molar-refractivity contribution in [3.05, 3.63) is 17.5 Å². The number of hydrogen-bond donors (Lipinski definition) is 1. The smallest absolute Gasteiger partial charge is 0.254 e. The quantitative estimate of drug-likeness (QED) is 0.843. The Morgan fingerprint density at radius 2 is 2.38 bits per heavy atom. The van der Waals surface area contributed by atoms with E-state index in [-0.39, 0.29) is 11.9 Å². The number of halogens is 1. The van der Waals surface area contributed by atoms with Crippen LogP contribution in [-0.2, 0) is 7.05 Å². The average molecular weight is 288 g/mol. The summed E-state index contributed by atoms with van der Waals surface area (Å²) in [7, 11) is 1.82. The largest absolute Gasteiger partial charge is 0.349 e. The summed E-state index contributed by atoms with van der Waals surface area (Å²) in [5, 5.41) is 8.09. The highest BCUT2D eigenvalue weighted by Gasteiger charge is 2.14. The molecule has 0 radical (unpaired) electrons. The van der Waals surface area contributed by atoms with Gasteiger partial charge in [-0.15, -0.1) is 0 Å². The lowest BCUT2D eigenvalue weighted by Gasteiger charge is -2.12. The molecule has 0 fully saturated rings. The summed E-state index contributed by atoms with van der Waals surface area (Å²) in [6.45, 7) is 3.87. The number of aromatic nitrogens is 2. The molecule has 90 valence electrons. The van der Waals surface area contributed by atoms with Gasteiger partial charge >= 0.3 is 0 Å². The van der Waals surface area contributed by atoms with Gasteiger partial charge in [0.05, 0.1) is 11.3 Å². The third-order valence-electron chi connectivity index (χ3n) is 2.41. The number of nitrogens with zero attached hydrogens (tertiary/aromatic N) is 2. The third kappa shape index (κ3) is 3.63. The van der Waals surface area contributed by atoms with E-state index in [0.717, 1.165) is 23.9 Å². The average Bonchev–Trinajstić information content (AvgIpc) is 2.54. The third-order valence-corrected chi connectivity index (χ3v) is 2.97. The van der Waals surface area contributed by atoms with E-state index in [2.05, 4.69) is 26.3 Å². The van der Waals surface area contributed by atoms with E-state index in [0.29, 0.717) is 5.56 Å². The summed E-state index contributed by atoms with van der Waals surface area (Å²) in [6.07, 6.45) is 3.80. The Morgan fingerprint density at radius 1 is 1.69 bits per heavy atom. The highest BCUT2D eigenvalue weighted by molar-refractivity contribution is 9.09. The van der Waals surface area contributed by atoms with Crippen molar-refractivity contribution in [3.8, 4) is 0 Å². The Kier molecular flexibility index (Phi) is 4.99. The Labute approximate surface area is 105 Å². The maximum atomic E-state index is 11.9. The molecule has 1 aromatic heterocycles. The van der Waals surface area contributed by atoms with Gasteiger partial charge in [0.2, 0.25) is 0 Å². The monoisotopic (exact) mass is 287 g/mol. The van der Waals surface area contributed by atoms with Gasteiger partial charge in [-0.05, 0) is 26.7 Å². The molecule has 0 saturated carbocycles. The Bertz CT molecular complexity index is 362. The van der Waals surface area contributed by atoms with Crippen LogP contribution >= 0.6 is 15.9 Å². The molecule has 0 aliphatic heterocycles. The summed E-state index contributed by atoms with van der Waals surface area (Å²) in [4.78, 5) is 11.9. The normalized spacial score (nSPS) is 12.5. The molecule has 1 amide bonds. The fourth-order valence-electron chi connectivity index (χ4n) is 1.58. The number of alkyl halides is 1. The summed E-state index contributed by atoms with van der Waals surface area (Å²) in [6, 6.07) is 0.199. The van der Waals surface area contributed by atoms with Gasteiger partial charge in [0.1, 0.15) is 0 Å². The van der Waals surface area contributed by atoms with E-state index >= 15 is 0 Å². The molecule has 1 heterocycles. The van der Waals surface area contributed by atoms with Gasteiger partial charge < -0.3 is 5.32 Å². The Morgan fingerprint density at radius 3 is 2.88 bits per heavy atom. The number of carbonyl (C=O) groups is 1. The van der Waals surface area contributed by atoms with Crippen LogP contribution in [0.1, 0.15) is 35.8 Å². The van der Waals surface area contributed by atoms with Crippen LogP contribution in [0.3, 0.4) is 0 Å². The van der Waals surface area contributed by atoms with Crippen molar-refractivity contribution in [1.82, 2.24) is 15.1 Å². The van der Waals surface area contributed by atoms with Crippen molar-refractivity contribution in [2.45, 2.75) is 32.7 Å². The Balaban J connectivity index is 2.55. The van der Waals surface area contributed by atoms with Crippen LogP contribution in [0, 0.1) is 6.92 Å². The SMILES string of the molecule is Cc1nn(C)cc1C(=O)NC(C)CCCBr. The van der Waals surface area contributed by atoms with Crippen molar-refractivity contribution in [2.75, 3.05) is 5.33 Å². The summed E-state index contributed by atoms with van der Waals surface area (Å²) in [5.74, 6) is -0.0346. The van der Waals surface area contributed by atoms with Gasteiger partial charge in [-0.2, -0.15) is 5.10 Å². The lowest BCUT2D eigenvalue weighted by Crippen LogP contribution is -2.32. The molecule has 0 saturated heterocycles. The molecule has 0 aliphatic rings. The zero-order valence-corrected chi connectivity index (χ0v) is 11.5. The first-order valence-corrected chi connectivity index (χ1v) is 6.53. The minimum absolute atomic E-state index is 0.0346. The minimum atomic E-state index is -0.0346. The second-order valence-electron chi connectivity index (χ2n) is 4.01. The van der Waals surface area contributed by atoms with Crippen LogP contribution in [0.4, 0.5) is 0 Å². The van der Waals surface area contributed by atoms with E-state index in [1.54, 1.807) is 10.9 Å². The molecular formula is C11H18BrN3O. The van der Waals surface area contributed by atoms with Crippen molar-refractivity contribution < 1.29 is 4.79 Å². The topological polar surface area (TPSA) is 46.9 Å². The van der Waals surface area contributed by atoms with Gasteiger partial charge in [0.15, 0.2) is 0 Å². The molecule has 1 rings (SSSR count). The summed E-state index contributed by atoms with van der Waals surface area (Å²) < 4.78 is 1.66. The predicted molar refractivity (Wildman–Crippen MR) is 67.9 cm³/mol. The minimum Gasteiger partial charge on any atom is -0.349 e. The lowest BCUT2D eigenvalue weighted by atomic mass is 10.1. The van der Waals surface area contributed by atoms with Crippen LogP contribution in [0.25, 0.3) is 0 Å². The van der Waals surface area contributed by atoms with Crippen LogP contribution < -0.4 is 5.32 Å². The van der Waals surface area contributed by atoms with Crippen molar-refractivity contribution >= 4 is 21.8 Å². The highest BCUT2D eigenvalue weighted by atomic mass is 79.9. The van der Waals surface area contributed by atoms with E-state index < -0.39 is 0 Å². The number of amides is 1. The molecule has 4 nitrogen and oxygen atoms in total. The van der Waals surface area contributed by atoms with Gasteiger partial charge in [-0.25, -0.2) is 0 Å². The highest BCUT2D eigenvalue weighted by Crippen LogP contribution is 2.06. The van der Waals surface area contributed by atoms with Crippen LogP contribution in [0.2, 0.25) is 0 Å². The molecule has 1 unspecified atom stereocenters. The van der Waals surface area contributed by atoms with E-state index in [9.17, 15) is 4.79 Å². The maximum absolute atomic E-state index is 11.9. The number of rotatable bonds is 5. The van der Waals surface area contributed by atoms with Crippen LogP contribution in [0.15, 0.2) is 6.20 Å². The molecule has 0 aliphatic carbocycles. The van der Waals surface area contributed by atoms with Gasteiger partial charge in [-0.3, -0.25) is 9.48 Å². The van der Waals surface area contributed by atoms with Gasteiger partial charge in [-0.1, -0.05) is 15.9 Å². The molecule has 5 heteroatoms. The second-order valence-corrected chi connectivity index (χ2v) is 4.80. The van der Waals surface area contributed by atoms with E-state index in [1.807, 2.05) is 20.9 Å². The van der Waals surface area contributed by atoms with Crippen molar-refractivity contribution in [2.24, 2.45) is 7.05 Å². The first kappa shape index (κ1) is 13.2. The molecule has 1 N–H and O–H groups in total. The molecule has 0 bridgehead atoms. The summed E-state index contributed by atoms with van der Waals surface area (Å²) in [5.41, 5.74) is 1.43. The van der Waals surface area contributed by atoms with E-state index in [4.69, 9.17) is 0 Å². The fourth-order valence-corrected chi connectivity index (χ4v) is 1.90. The zero-order valence-electron chi connectivity index (χ0n) is 9.96. The predicted octanol–water partition coefficient (Wildman–Crippen LogP) is 2.02. The standard InChI is InChI=1S/C11H18BrN3O/c1-8(5-4-6-12)13-11(16)10-7-15(3)14-9(10)2/h7-8H,4-6H2,1-3H3,(H,13,16). The number of hydrogen-bond acceptors (Lipinski definition) is 2.